The molecule has 3 rings (SSSR count). The van der Waals surface area contributed by atoms with E-state index in [0.29, 0.717) is 14.0 Å². The number of benzene rings is 2. The van der Waals surface area contributed by atoms with Crippen LogP contribution in [0.1, 0.15) is 5.56 Å². The number of thioether (sulfide) groups is 1. The Labute approximate surface area is 182 Å². The van der Waals surface area contributed by atoms with Crippen LogP contribution in [0.4, 0.5) is 5.69 Å². The molecule has 0 fully saturated rings. The van der Waals surface area contributed by atoms with E-state index in [1.54, 1.807) is 11.7 Å². The van der Waals surface area contributed by atoms with Crippen molar-refractivity contribution in [3.8, 4) is 5.69 Å². The number of rotatable bonds is 7. The second kappa shape index (κ2) is 9.82. The lowest BCUT2D eigenvalue weighted by Gasteiger charge is -2.16. The molecular formula is C20H20N4O2S3. The lowest BCUT2D eigenvalue weighted by atomic mass is 10.2. The SMILES string of the molecule is Cc1ccc(NC(=O)CN(C)C(=O)CSc2nn(-c3ccccc3)c(=S)s2)cc1. The van der Waals surface area contributed by atoms with Crippen molar-refractivity contribution in [1.29, 1.82) is 0 Å². The first-order chi connectivity index (χ1) is 13.9. The largest absolute Gasteiger partial charge is 0.336 e. The molecule has 2 amide bonds. The lowest BCUT2D eigenvalue weighted by molar-refractivity contribution is -0.131. The van der Waals surface area contributed by atoms with Crippen molar-refractivity contribution in [3.63, 3.8) is 0 Å². The summed E-state index contributed by atoms with van der Waals surface area (Å²) in [5.74, 6) is -0.203. The number of aryl methyl sites for hydroxylation is 1. The summed E-state index contributed by atoms with van der Waals surface area (Å²) in [6.45, 7) is 1.97. The molecule has 0 saturated carbocycles. The molecule has 3 aromatic rings. The molecule has 2 aromatic carbocycles. The van der Waals surface area contributed by atoms with E-state index >= 15 is 0 Å². The van der Waals surface area contributed by atoms with Crippen molar-refractivity contribution < 1.29 is 9.59 Å². The Bertz CT molecular complexity index is 1050. The van der Waals surface area contributed by atoms with Crippen molar-refractivity contribution in [3.05, 3.63) is 64.1 Å². The van der Waals surface area contributed by atoms with Gasteiger partial charge in [-0.1, -0.05) is 59.0 Å². The highest BCUT2D eigenvalue weighted by atomic mass is 32.2. The summed E-state index contributed by atoms with van der Waals surface area (Å²) in [6.07, 6.45) is 0. The molecule has 150 valence electrons. The van der Waals surface area contributed by atoms with Crippen LogP contribution in [0.3, 0.4) is 0 Å². The molecule has 1 heterocycles. The maximum Gasteiger partial charge on any atom is 0.243 e. The minimum atomic E-state index is -0.237. The predicted octanol–water partition coefficient (Wildman–Crippen LogP) is 4.16. The maximum atomic E-state index is 12.4. The Morgan fingerprint density at radius 3 is 2.55 bits per heavy atom. The molecular weight excluding hydrogens is 424 g/mol. The summed E-state index contributed by atoms with van der Waals surface area (Å²) in [7, 11) is 1.61. The molecule has 0 unspecified atom stereocenters. The van der Waals surface area contributed by atoms with Crippen LogP contribution in [0, 0.1) is 10.9 Å². The van der Waals surface area contributed by atoms with Crippen LogP contribution in [0.15, 0.2) is 58.9 Å². The molecule has 0 aliphatic carbocycles. The average Bonchev–Trinajstić information content (AvgIpc) is 3.09. The molecule has 0 saturated heterocycles. The fourth-order valence-corrected chi connectivity index (χ4v) is 4.73. The molecule has 1 aromatic heterocycles. The Balaban J connectivity index is 1.52. The minimum Gasteiger partial charge on any atom is -0.336 e. The van der Waals surface area contributed by atoms with Crippen LogP contribution < -0.4 is 5.32 Å². The second-order valence-electron chi connectivity index (χ2n) is 6.33. The number of nitrogens with one attached hydrogen (secondary N) is 1. The number of aromatic nitrogens is 2. The van der Waals surface area contributed by atoms with E-state index in [-0.39, 0.29) is 24.1 Å². The first kappa shape index (κ1) is 21.2. The van der Waals surface area contributed by atoms with Gasteiger partial charge in [0.25, 0.3) is 0 Å². The van der Waals surface area contributed by atoms with Crippen LogP contribution in [0.2, 0.25) is 0 Å². The van der Waals surface area contributed by atoms with Gasteiger partial charge < -0.3 is 10.2 Å². The predicted molar refractivity (Wildman–Crippen MR) is 120 cm³/mol. The molecule has 0 bridgehead atoms. The Morgan fingerprint density at radius 2 is 1.86 bits per heavy atom. The molecule has 0 radical (unpaired) electrons. The number of nitrogens with zero attached hydrogens (tertiary/aromatic N) is 3. The molecule has 1 N–H and O–H groups in total. The number of carbonyl (C=O) groups excluding carboxylic acids is 2. The number of carbonyl (C=O) groups is 2. The smallest absolute Gasteiger partial charge is 0.243 e. The van der Waals surface area contributed by atoms with E-state index in [2.05, 4.69) is 10.4 Å². The van der Waals surface area contributed by atoms with E-state index in [0.717, 1.165) is 11.3 Å². The Kier molecular flexibility index (Phi) is 7.18. The highest BCUT2D eigenvalue weighted by Crippen LogP contribution is 2.24. The summed E-state index contributed by atoms with van der Waals surface area (Å²) < 4.78 is 3.02. The van der Waals surface area contributed by atoms with Gasteiger partial charge in [-0.3, -0.25) is 9.59 Å². The third kappa shape index (κ3) is 5.99. The zero-order chi connectivity index (χ0) is 20.8. The van der Waals surface area contributed by atoms with Gasteiger partial charge in [0.1, 0.15) is 0 Å². The molecule has 0 atom stereocenters. The van der Waals surface area contributed by atoms with Gasteiger partial charge in [0.2, 0.25) is 11.8 Å². The molecule has 0 aliphatic rings. The fourth-order valence-electron chi connectivity index (χ4n) is 2.43. The lowest BCUT2D eigenvalue weighted by Crippen LogP contribution is -2.35. The van der Waals surface area contributed by atoms with Gasteiger partial charge in [-0.15, -0.1) is 5.10 Å². The summed E-state index contributed by atoms with van der Waals surface area (Å²) in [5, 5.41) is 7.27. The number of para-hydroxylation sites is 1. The van der Waals surface area contributed by atoms with Crippen LogP contribution in [0.5, 0.6) is 0 Å². The standard InChI is InChI=1S/C20H20N4O2S3/c1-14-8-10-15(11-9-14)21-17(25)12-23(2)18(26)13-28-19-22-24(20(27)29-19)16-6-4-3-5-7-16/h3-11H,12-13H2,1-2H3,(H,21,25). The topological polar surface area (TPSA) is 67.2 Å². The number of amides is 2. The van der Waals surface area contributed by atoms with Crippen molar-refractivity contribution in [2.24, 2.45) is 0 Å². The van der Waals surface area contributed by atoms with Crippen LogP contribution in [-0.2, 0) is 9.59 Å². The summed E-state index contributed by atoms with van der Waals surface area (Å²) in [4.78, 5) is 25.9. The number of anilines is 1. The Morgan fingerprint density at radius 1 is 1.17 bits per heavy atom. The molecule has 29 heavy (non-hydrogen) atoms. The minimum absolute atomic E-state index is 0.0125. The van der Waals surface area contributed by atoms with Gasteiger partial charge >= 0.3 is 0 Å². The van der Waals surface area contributed by atoms with Gasteiger partial charge in [-0.2, -0.15) is 0 Å². The molecule has 0 spiro atoms. The van der Waals surface area contributed by atoms with Gasteiger partial charge in [0.05, 0.1) is 18.0 Å². The zero-order valence-corrected chi connectivity index (χ0v) is 18.4. The van der Waals surface area contributed by atoms with Crippen molar-refractivity contribution >= 4 is 52.8 Å². The van der Waals surface area contributed by atoms with E-state index in [9.17, 15) is 9.59 Å². The quantitative estimate of drug-likeness (QED) is 0.438. The van der Waals surface area contributed by atoms with Crippen molar-refractivity contribution in [1.82, 2.24) is 14.7 Å². The highest BCUT2D eigenvalue weighted by Gasteiger charge is 2.15. The number of likely N-dealkylation sites (N-methyl/N-ethyl adjacent to an activating group) is 1. The first-order valence-corrected chi connectivity index (χ1v) is 11.0. The monoisotopic (exact) mass is 444 g/mol. The highest BCUT2D eigenvalue weighted by molar-refractivity contribution is 8.01. The van der Waals surface area contributed by atoms with Gasteiger partial charge in [-0.25, -0.2) is 4.68 Å². The van der Waals surface area contributed by atoms with Crippen LogP contribution in [0.25, 0.3) is 5.69 Å². The first-order valence-electron chi connectivity index (χ1n) is 8.81. The van der Waals surface area contributed by atoms with Gasteiger partial charge in [0, 0.05) is 12.7 Å². The van der Waals surface area contributed by atoms with E-state index in [4.69, 9.17) is 12.2 Å². The maximum absolute atomic E-state index is 12.4. The normalized spacial score (nSPS) is 10.6. The van der Waals surface area contributed by atoms with Gasteiger partial charge in [-0.05, 0) is 43.4 Å². The fraction of sp³-hybridized carbons (Fsp3) is 0.200. The van der Waals surface area contributed by atoms with Crippen molar-refractivity contribution in [2.45, 2.75) is 11.3 Å². The summed E-state index contributed by atoms with van der Waals surface area (Å²) >= 11 is 8.05. The molecule has 9 heteroatoms. The van der Waals surface area contributed by atoms with Crippen LogP contribution >= 0.6 is 35.3 Å². The molecule has 0 aliphatic heterocycles. The Hall–Kier alpha value is -2.49. The van der Waals surface area contributed by atoms with Crippen molar-refractivity contribution in [2.75, 3.05) is 24.7 Å². The number of hydrogen-bond donors (Lipinski definition) is 1. The number of hydrogen-bond acceptors (Lipinski definition) is 6. The third-order valence-corrected chi connectivity index (χ3v) is 6.34. The summed E-state index contributed by atoms with van der Waals surface area (Å²) in [5.41, 5.74) is 2.71. The van der Waals surface area contributed by atoms with Gasteiger partial charge in [0.15, 0.2) is 8.29 Å². The average molecular weight is 445 g/mol. The summed E-state index contributed by atoms with van der Waals surface area (Å²) in [6, 6.07) is 17.1. The molecule has 6 nitrogen and oxygen atoms in total. The second-order valence-corrected chi connectivity index (χ2v) is 9.18. The van der Waals surface area contributed by atoms with E-state index < -0.39 is 0 Å². The third-order valence-electron chi connectivity index (χ3n) is 3.99. The van der Waals surface area contributed by atoms with E-state index in [1.165, 1.54) is 28.0 Å². The zero-order valence-electron chi connectivity index (χ0n) is 16.0. The van der Waals surface area contributed by atoms with Crippen LogP contribution in [-0.4, -0.2) is 45.8 Å². The van der Waals surface area contributed by atoms with E-state index in [1.807, 2.05) is 61.5 Å².